The molecule has 0 saturated carbocycles. The number of benzene rings is 2. The number of hydrogen-bond donors (Lipinski definition) is 0. The Morgan fingerprint density at radius 2 is 1.83 bits per heavy atom. The van der Waals surface area contributed by atoms with E-state index in [4.69, 9.17) is 11.6 Å². The molecule has 1 aliphatic rings. The Kier molecular flexibility index (Phi) is 6.14. The maximum atomic E-state index is 12.7. The van der Waals surface area contributed by atoms with Crippen LogP contribution in [-0.2, 0) is 6.54 Å². The summed E-state index contributed by atoms with van der Waals surface area (Å²) >= 11 is 8.19. The van der Waals surface area contributed by atoms with Gasteiger partial charge in [0, 0.05) is 46.9 Å². The average molecular weight is 455 g/mol. The Balaban J connectivity index is 1.60. The van der Waals surface area contributed by atoms with Crippen LogP contribution < -0.4 is 0 Å². The lowest BCUT2D eigenvalue weighted by molar-refractivity contribution is 0.0761. The quantitative estimate of drug-likeness (QED) is 0.646. The number of halogens is 2. The minimum absolute atomic E-state index is 0.141. The molecule has 0 spiro atoms. The molecule has 1 saturated heterocycles. The number of hydrogen-bond acceptors (Lipinski definition) is 2. The third kappa shape index (κ3) is 4.71. The molecule has 1 heterocycles. The van der Waals surface area contributed by atoms with Gasteiger partial charge in [-0.15, -0.1) is 0 Å². The van der Waals surface area contributed by atoms with E-state index in [9.17, 15) is 4.79 Å². The van der Waals surface area contributed by atoms with Crippen LogP contribution in [0.1, 0.15) is 22.3 Å². The lowest BCUT2D eigenvalue weighted by Crippen LogP contribution is -2.35. The Labute approximate surface area is 161 Å². The molecule has 2 aromatic carbocycles. The van der Waals surface area contributed by atoms with Crippen molar-refractivity contribution in [2.45, 2.75) is 13.0 Å². The van der Waals surface area contributed by atoms with Crippen LogP contribution >= 0.6 is 34.2 Å². The maximum absolute atomic E-state index is 12.7. The maximum Gasteiger partial charge on any atom is 0.253 e. The van der Waals surface area contributed by atoms with E-state index in [0.29, 0.717) is 0 Å². The molecular weight excluding hydrogens is 435 g/mol. The lowest BCUT2D eigenvalue weighted by Gasteiger charge is -2.22. The zero-order valence-electron chi connectivity index (χ0n) is 13.4. The Morgan fingerprint density at radius 3 is 2.58 bits per heavy atom. The van der Waals surface area contributed by atoms with E-state index in [1.807, 2.05) is 41.3 Å². The zero-order valence-corrected chi connectivity index (χ0v) is 16.3. The van der Waals surface area contributed by atoms with Gasteiger partial charge in [-0.3, -0.25) is 9.69 Å². The first-order valence-electron chi connectivity index (χ1n) is 8.13. The van der Waals surface area contributed by atoms with Crippen molar-refractivity contribution in [3.8, 4) is 0 Å². The fourth-order valence-electron chi connectivity index (χ4n) is 2.98. The van der Waals surface area contributed by atoms with Crippen LogP contribution in [0, 0.1) is 3.57 Å². The van der Waals surface area contributed by atoms with Crippen molar-refractivity contribution >= 4 is 40.1 Å². The Hall–Kier alpha value is -1.11. The second-order valence-electron chi connectivity index (χ2n) is 6.06. The molecule has 1 aliphatic heterocycles. The summed E-state index contributed by atoms with van der Waals surface area (Å²) in [5.41, 5.74) is 2.05. The highest BCUT2D eigenvalue weighted by Crippen LogP contribution is 2.15. The first kappa shape index (κ1) is 17.7. The largest absolute Gasteiger partial charge is 0.337 e. The van der Waals surface area contributed by atoms with Crippen molar-refractivity contribution in [1.82, 2.24) is 9.80 Å². The standard InChI is InChI=1S/C19H20ClIN2O/c20-17-7-5-15(6-8-17)14-22-9-2-10-23(12-11-22)19(24)16-3-1-4-18(21)13-16/h1,3-8,13H,2,9-12,14H2. The average Bonchev–Trinajstić information content (AvgIpc) is 2.82. The molecule has 2 aromatic rings. The number of carbonyl (C=O) groups is 1. The summed E-state index contributed by atoms with van der Waals surface area (Å²) in [5.74, 6) is 0.141. The van der Waals surface area contributed by atoms with Crippen LogP contribution in [0.3, 0.4) is 0 Å². The van der Waals surface area contributed by atoms with E-state index in [1.54, 1.807) is 0 Å². The van der Waals surface area contributed by atoms with Crippen molar-refractivity contribution in [3.63, 3.8) is 0 Å². The van der Waals surface area contributed by atoms with Gasteiger partial charge in [-0.2, -0.15) is 0 Å². The zero-order chi connectivity index (χ0) is 16.9. The van der Waals surface area contributed by atoms with Gasteiger partial charge in [0.15, 0.2) is 0 Å². The minimum atomic E-state index is 0.141. The molecule has 0 atom stereocenters. The Morgan fingerprint density at radius 1 is 1.04 bits per heavy atom. The third-order valence-electron chi connectivity index (χ3n) is 4.27. The predicted octanol–water partition coefficient (Wildman–Crippen LogP) is 4.29. The number of nitrogens with zero attached hydrogens (tertiary/aromatic N) is 2. The molecule has 3 rings (SSSR count). The summed E-state index contributed by atoms with van der Waals surface area (Å²) in [4.78, 5) is 17.1. The smallest absolute Gasteiger partial charge is 0.253 e. The number of amides is 1. The molecule has 0 bridgehead atoms. The SMILES string of the molecule is O=C(c1cccc(I)c1)N1CCCN(Cc2ccc(Cl)cc2)CC1. The molecular formula is C19H20ClIN2O. The van der Waals surface area contributed by atoms with E-state index in [0.717, 1.165) is 53.3 Å². The van der Waals surface area contributed by atoms with Crippen LogP contribution in [0.4, 0.5) is 0 Å². The molecule has 1 fully saturated rings. The first-order valence-corrected chi connectivity index (χ1v) is 9.59. The predicted molar refractivity (Wildman–Crippen MR) is 106 cm³/mol. The van der Waals surface area contributed by atoms with E-state index in [1.165, 1.54) is 5.56 Å². The number of carbonyl (C=O) groups excluding carboxylic acids is 1. The second-order valence-corrected chi connectivity index (χ2v) is 7.74. The van der Waals surface area contributed by atoms with Gasteiger partial charge in [0.1, 0.15) is 0 Å². The lowest BCUT2D eigenvalue weighted by atomic mass is 10.2. The number of rotatable bonds is 3. The van der Waals surface area contributed by atoms with Crippen molar-refractivity contribution in [1.29, 1.82) is 0 Å². The van der Waals surface area contributed by atoms with Crippen LogP contribution in [0.2, 0.25) is 5.02 Å². The van der Waals surface area contributed by atoms with E-state index >= 15 is 0 Å². The fourth-order valence-corrected chi connectivity index (χ4v) is 3.65. The van der Waals surface area contributed by atoms with Crippen molar-refractivity contribution in [2.75, 3.05) is 26.2 Å². The molecule has 5 heteroatoms. The molecule has 0 unspecified atom stereocenters. The molecule has 0 radical (unpaired) electrons. The highest BCUT2D eigenvalue weighted by Gasteiger charge is 2.20. The second kappa shape index (κ2) is 8.32. The van der Waals surface area contributed by atoms with Crippen molar-refractivity contribution in [3.05, 3.63) is 68.3 Å². The van der Waals surface area contributed by atoms with Crippen LogP contribution in [0.25, 0.3) is 0 Å². The van der Waals surface area contributed by atoms with Gasteiger partial charge < -0.3 is 4.90 Å². The summed E-state index contributed by atoms with van der Waals surface area (Å²) in [6.07, 6.45) is 1.00. The molecule has 1 amide bonds. The summed E-state index contributed by atoms with van der Waals surface area (Å²) < 4.78 is 1.10. The molecule has 0 N–H and O–H groups in total. The van der Waals surface area contributed by atoms with Crippen LogP contribution in [0.15, 0.2) is 48.5 Å². The van der Waals surface area contributed by atoms with Gasteiger partial charge in [0.2, 0.25) is 0 Å². The minimum Gasteiger partial charge on any atom is -0.337 e. The van der Waals surface area contributed by atoms with Crippen LogP contribution in [-0.4, -0.2) is 41.9 Å². The molecule has 3 nitrogen and oxygen atoms in total. The molecule has 126 valence electrons. The van der Waals surface area contributed by atoms with Crippen molar-refractivity contribution < 1.29 is 4.79 Å². The molecule has 0 aromatic heterocycles. The summed E-state index contributed by atoms with van der Waals surface area (Å²) in [7, 11) is 0. The highest BCUT2D eigenvalue weighted by atomic mass is 127. The normalized spacial score (nSPS) is 16.0. The Bertz CT molecular complexity index is 705. The van der Waals surface area contributed by atoms with Crippen molar-refractivity contribution in [2.24, 2.45) is 0 Å². The first-order chi connectivity index (χ1) is 11.6. The van der Waals surface area contributed by atoms with E-state index < -0.39 is 0 Å². The third-order valence-corrected chi connectivity index (χ3v) is 5.19. The fraction of sp³-hybridized carbons (Fsp3) is 0.316. The summed E-state index contributed by atoms with van der Waals surface area (Å²) in [5, 5.41) is 0.767. The van der Waals surface area contributed by atoms with E-state index in [2.05, 4.69) is 39.6 Å². The van der Waals surface area contributed by atoms with Gasteiger partial charge in [-0.1, -0.05) is 29.8 Å². The van der Waals surface area contributed by atoms with Gasteiger partial charge >= 0.3 is 0 Å². The van der Waals surface area contributed by atoms with Gasteiger partial charge in [0.25, 0.3) is 5.91 Å². The highest BCUT2D eigenvalue weighted by molar-refractivity contribution is 14.1. The van der Waals surface area contributed by atoms with Gasteiger partial charge in [-0.05, 0) is 64.9 Å². The van der Waals surface area contributed by atoms with Gasteiger partial charge in [0.05, 0.1) is 0 Å². The summed E-state index contributed by atoms with van der Waals surface area (Å²) in [6.45, 7) is 4.42. The summed E-state index contributed by atoms with van der Waals surface area (Å²) in [6, 6.07) is 15.8. The molecule has 24 heavy (non-hydrogen) atoms. The van der Waals surface area contributed by atoms with Crippen LogP contribution in [0.5, 0.6) is 0 Å². The molecule has 0 aliphatic carbocycles. The topological polar surface area (TPSA) is 23.6 Å². The van der Waals surface area contributed by atoms with Gasteiger partial charge in [-0.25, -0.2) is 0 Å². The monoisotopic (exact) mass is 454 g/mol. The van der Waals surface area contributed by atoms with E-state index in [-0.39, 0.29) is 5.91 Å².